The quantitative estimate of drug-likeness (QED) is 0.519. The third-order valence-electron chi connectivity index (χ3n) is 4.80. The van der Waals surface area contributed by atoms with Gasteiger partial charge in [0.1, 0.15) is 5.75 Å². The maximum absolute atomic E-state index is 12.8. The normalized spacial score (nSPS) is 15.8. The minimum Gasteiger partial charge on any atom is -0.494 e. The van der Waals surface area contributed by atoms with E-state index in [0.717, 1.165) is 0 Å². The summed E-state index contributed by atoms with van der Waals surface area (Å²) in [6.45, 7) is 2.48. The number of Topliss-reactive ketones (excluding diaryl/α,β-unsaturated/α-hetero) is 1. The Morgan fingerprint density at radius 3 is 2.41 bits per heavy atom. The highest BCUT2D eigenvalue weighted by atomic mass is 32.2. The number of carbonyl (C=O) groups is 2. The minimum absolute atomic E-state index is 0.193. The largest absolute Gasteiger partial charge is 0.494 e. The van der Waals surface area contributed by atoms with Gasteiger partial charge < -0.3 is 14.5 Å². The van der Waals surface area contributed by atoms with E-state index in [9.17, 15) is 18.0 Å². The molecule has 9 heteroatoms. The molecule has 2 aromatic rings. The average molecular weight is 420 g/mol. The molecule has 0 atom stereocenters. The first kappa shape index (κ1) is 21.1. The molecule has 29 heavy (non-hydrogen) atoms. The number of hydrogen-bond acceptors (Lipinski definition) is 6. The Labute approximate surface area is 169 Å². The first-order valence-corrected chi connectivity index (χ1v) is 10.9. The number of nitrogens with zero attached hydrogens (tertiary/aromatic N) is 1. The minimum atomic E-state index is -3.63. The Morgan fingerprint density at radius 1 is 1.14 bits per heavy atom. The number of ketones is 1. The zero-order valence-corrected chi connectivity index (χ0v) is 17.0. The van der Waals surface area contributed by atoms with Crippen LogP contribution in [0.1, 0.15) is 30.3 Å². The van der Waals surface area contributed by atoms with Gasteiger partial charge in [0.15, 0.2) is 6.61 Å². The molecule has 1 fully saturated rings. The molecule has 0 amide bonds. The van der Waals surface area contributed by atoms with Gasteiger partial charge in [0.05, 0.1) is 23.1 Å². The Balaban J connectivity index is 1.52. The molecule has 0 radical (unpaired) electrons. The molecule has 156 valence electrons. The molecule has 0 unspecified atom stereocenters. The summed E-state index contributed by atoms with van der Waals surface area (Å²) < 4.78 is 37.4. The van der Waals surface area contributed by atoms with Crippen LogP contribution in [0.25, 0.3) is 0 Å². The lowest BCUT2D eigenvalue weighted by Gasteiger charge is -2.30. The van der Waals surface area contributed by atoms with E-state index in [0.29, 0.717) is 30.9 Å². The number of carbonyl (C=O) groups excluding carboxylic acids is 2. The number of hydrogen-bond donors (Lipinski definition) is 1. The van der Waals surface area contributed by atoms with Crippen LogP contribution >= 0.6 is 0 Å². The maximum Gasteiger partial charge on any atom is 0.309 e. The summed E-state index contributed by atoms with van der Waals surface area (Å²) in [5.41, 5.74) is 0.383. The summed E-state index contributed by atoms with van der Waals surface area (Å²) in [7, 11) is -3.63. The zero-order valence-electron chi connectivity index (χ0n) is 16.2. The molecule has 1 aromatic heterocycles. The van der Waals surface area contributed by atoms with Gasteiger partial charge in [-0.3, -0.25) is 9.59 Å². The van der Waals surface area contributed by atoms with Crippen LogP contribution in [0.4, 0.5) is 0 Å². The second kappa shape index (κ2) is 9.23. The topological polar surface area (TPSA) is 106 Å². The SMILES string of the molecule is CCOc1ccc(S(=O)(=O)N2CCC(C(=O)OCC(=O)c3ccc[nH]3)CC2)cc1. The lowest BCUT2D eigenvalue weighted by molar-refractivity contribution is -0.148. The standard InChI is InChI=1S/C20H24N2O6S/c1-2-27-16-5-7-17(8-6-16)29(25,26)22-12-9-15(10-13-22)20(24)28-14-19(23)18-4-3-11-21-18/h3-8,11,15,21H,2,9-10,12-14H2,1H3. The van der Waals surface area contributed by atoms with Crippen LogP contribution in [0.3, 0.4) is 0 Å². The van der Waals surface area contributed by atoms with Gasteiger partial charge in [0, 0.05) is 19.3 Å². The van der Waals surface area contributed by atoms with Gasteiger partial charge in [-0.1, -0.05) is 0 Å². The summed E-state index contributed by atoms with van der Waals surface area (Å²) in [5.74, 6) is -0.582. The number of nitrogens with one attached hydrogen (secondary N) is 1. The van der Waals surface area contributed by atoms with Gasteiger partial charge in [0.2, 0.25) is 15.8 Å². The van der Waals surface area contributed by atoms with Crippen molar-refractivity contribution in [3.63, 3.8) is 0 Å². The predicted molar refractivity (Wildman–Crippen MR) is 105 cm³/mol. The van der Waals surface area contributed by atoms with Crippen molar-refractivity contribution in [2.45, 2.75) is 24.7 Å². The van der Waals surface area contributed by atoms with Gasteiger partial charge >= 0.3 is 5.97 Å². The number of H-pyrrole nitrogens is 1. The van der Waals surface area contributed by atoms with E-state index in [-0.39, 0.29) is 30.4 Å². The van der Waals surface area contributed by atoms with Crippen LogP contribution in [0.15, 0.2) is 47.5 Å². The fraction of sp³-hybridized carbons (Fsp3) is 0.400. The number of aromatic nitrogens is 1. The van der Waals surface area contributed by atoms with Crippen molar-refractivity contribution >= 4 is 21.8 Å². The number of ether oxygens (including phenoxy) is 2. The second-order valence-electron chi connectivity index (χ2n) is 6.70. The Bertz CT molecular complexity index is 930. The fourth-order valence-electron chi connectivity index (χ4n) is 3.19. The molecule has 0 bridgehead atoms. The molecule has 3 rings (SSSR count). The van der Waals surface area contributed by atoms with Crippen LogP contribution in [0, 0.1) is 5.92 Å². The highest BCUT2D eigenvalue weighted by molar-refractivity contribution is 7.89. The van der Waals surface area contributed by atoms with E-state index in [2.05, 4.69) is 4.98 Å². The van der Waals surface area contributed by atoms with Crippen LogP contribution in [0.2, 0.25) is 0 Å². The molecule has 0 saturated carbocycles. The predicted octanol–water partition coefficient (Wildman–Crippen LogP) is 2.24. The van der Waals surface area contributed by atoms with E-state index >= 15 is 0 Å². The fourth-order valence-corrected chi connectivity index (χ4v) is 4.66. The van der Waals surface area contributed by atoms with Crippen molar-refractivity contribution in [3.05, 3.63) is 48.3 Å². The van der Waals surface area contributed by atoms with Crippen molar-refractivity contribution in [1.29, 1.82) is 0 Å². The second-order valence-corrected chi connectivity index (χ2v) is 8.64. The van der Waals surface area contributed by atoms with E-state index < -0.39 is 21.9 Å². The molecule has 2 heterocycles. The van der Waals surface area contributed by atoms with Crippen LogP contribution < -0.4 is 4.74 Å². The summed E-state index contributed by atoms with van der Waals surface area (Å²) in [6.07, 6.45) is 2.33. The number of benzene rings is 1. The summed E-state index contributed by atoms with van der Waals surface area (Å²) in [6, 6.07) is 9.60. The monoisotopic (exact) mass is 420 g/mol. The molecule has 1 saturated heterocycles. The zero-order chi connectivity index (χ0) is 20.9. The number of esters is 1. The third-order valence-corrected chi connectivity index (χ3v) is 6.72. The van der Waals surface area contributed by atoms with Gasteiger partial charge in [-0.2, -0.15) is 4.31 Å². The van der Waals surface area contributed by atoms with Gasteiger partial charge in [0.25, 0.3) is 0 Å². The molecule has 0 spiro atoms. The Hall–Kier alpha value is -2.65. The highest BCUT2D eigenvalue weighted by Gasteiger charge is 2.33. The summed E-state index contributed by atoms with van der Waals surface area (Å²) in [5, 5.41) is 0. The number of piperidine rings is 1. The van der Waals surface area contributed by atoms with Crippen molar-refractivity contribution in [1.82, 2.24) is 9.29 Å². The third kappa shape index (κ3) is 5.04. The summed E-state index contributed by atoms with van der Waals surface area (Å²) >= 11 is 0. The van der Waals surface area contributed by atoms with Crippen molar-refractivity contribution in [2.75, 3.05) is 26.3 Å². The number of aromatic amines is 1. The first-order valence-electron chi connectivity index (χ1n) is 9.48. The smallest absolute Gasteiger partial charge is 0.309 e. The van der Waals surface area contributed by atoms with E-state index in [1.165, 1.54) is 16.4 Å². The molecular weight excluding hydrogens is 396 g/mol. The van der Waals surface area contributed by atoms with Gasteiger partial charge in [-0.05, 0) is 56.2 Å². The highest BCUT2D eigenvalue weighted by Crippen LogP contribution is 2.26. The lowest BCUT2D eigenvalue weighted by atomic mass is 9.98. The molecule has 1 aromatic carbocycles. The van der Waals surface area contributed by atoms with Crippen molar-refractivity contribution in [3.8, 4) is 5.75 Å². The first-order chi connectivity index (χ1) is 13.9. The lowest BCUT2D eigenvalue weighted by Crippen LogP contribution is -2.40. The molecule has 0 aliphatic carbocycles. The van der Waals surface area contributed by atoms with E-state index in [4.69, 9.17) is 9.47 Å². The Kier molecular flexibility index (Phi) is 6.71. The molecule has 1 aliphatic heterocycles. The average Bonchev–Trinajstić information content (AvgIpc) is 3.27. The number of rotatable bonds is 8. The Morgan fingerprint density at radius 2 is 1.83 bits per heavy atom. The van der Waals surface area contributed by atoms with Crippen molar-refractivity contribution in [2.24, 2.45) is 5.92 Å². The molecule has 1 N–H and O–H groups in total. The van der Waals surface area contributed by atoms with Gasteiger partial charge in [-0.15, -0.1) is 0 Å². The van der Waals surface area contributed by atoms with Crippen LogP contribution in [-0.4, -0.2) is 55.8 Å². The molecule has 1 aliphatic rings. The van der Waals surface area contributed by atoms with E-state index in [1.54, 1.807) is 30.5 Å². The molecular formula is C20H24N2O6S. The molecule has 8 nitrogen and oxygen atoms in total. The number of sulfonamides is 1. The van der Waals surface area contributed by atoms with E-state index in [1.807, 2.05) is 6.92 Å². The maximum atomic E-state index is 12.8. The van der Waals surface area contributed by atoms with Crippen molar-refractivity contribution < 1.29 is 27.5 Å². The summed E-state index contributed by atoms with van der Waals surface area (Å²) in [4.78, 5) is 27.1. The van der Waals surface area contributed by atoms with Gasteiger partial charge in [-0.25, -0.2) is 8.42 Å². The van der Waals surface area contributed by atoms with Crippen LogP contribution in [-0.2, 0) is 19.6 Å². The van der Waals surface area contributed by atoms with Crippen LogP contribution in [0.5, 0.6) is 5.75 Å².